The van der Waals surface area contributed by atoms with Crippen molar-refractivity contribution in [3.05, 3.63) is 0 Å². The van der Waals surface area contributed by atoms with Crippen molar-refractivity contribution in [2.75, 3.05) is 31.8 Å². The van der Waals surface area contributed by atoms with Gasteiger partial charge in [0.05, 0.1) is 12.7 Å². The number of alkyl carbamates (subject to hydrolysis) is 1. The van der Waals surface area contributed by atoms with Crippen LogP contribution in [-0.4, -0.2) is 66.3 Å². The van der Waals surface area contributed by atoms with Crippen LogP contribution in [0.15, 0.2) is 0 Å². The summed E-state index contributed by atoms with van der Waals surface area (Å²) in [5.41, 5.74) is 0. The van der Waals surface area contributed by atoms with E-state index in [0.717, 1.165) is 12.2 Å². The highest BCUT2D eigenvalue weighted by Gasteiger charge is 2.13. The molecule has 0 rings (SSSR count). The molecular weight excluding hydrogens is 268 g/mol. The lowest BCUT2D eigenvalue weighted by Gasteiger charge is -2.21. The zero-order valence-corrected chi connectivity index (χ0v) is 12.7. The Morgan fingerprint density at radius 3 is 2.63 bits per heavy atom. The summed E-state index contributed by atoms with van der Waals surface area (Å²) in [7, 11) is 0. The average molecular weight is 294 g/mol. The van der Waals surface area contributed by atoms with Crippen LogP contribution in [0.1, 0.15) is 20.3 Å². The van der Waals surface area contributed by atoms with E-state index < -0.39 is 12.2 Å². The molecule has 114 valence electrons. The molecule has 2 unspecified atom stereocenters. The summed E-state index contributed by atoms with van der Waals surface area (Å²) in [6.07, 6.45) is 1.43. The second kappa shape index (κ2) is 11.3. The predicted octanol–water partition coefficient (Wildman–Crippen LogP) is 0.186. The molecule has 0 spiro atoms. The van der Waals surface area contributed by atoms with E-state index in [-0.39, 0.29) is 19.2 Å². The lowest BCUT2D eigenvalue weighted by atomic mass is 10.2. The van der Waals surface area contributed by atoms with Gasteiger partial charge in [-0.25, -0.2) is 4.79 Å². The highest BCUT2D eigenvalue weighted by atomic mass is 32.2. The SMILES string of the molecule is CSCCC(COC(=O)NCC(O)CO)NC(C)C. The molecular formula is C12H26N2O4S. The molecule has 0 fully saturated rings. The standard InChI is InChI=1S/C12H26N2O4S/c1-9(2)14-10(4-5-19-3)8-18-12(17)13-6-11(16)7-15/h9-11,14-16H,4-8H2,1-3H3,(H,13,17). The van der Waals surface area contributed by atoms with E-state index in [1.807, 2.05) is 20.1 Å². The van der Waals surface area contributed by atoms with Crippen LogP contribution < -0.4 is 10.6 Å². The number of thioether (sulfide) groups is 1. The zero-order valence-electron chi connectivity index (χ0n) is 11.9. The Morgan fingerprint density at radius 1 is 1.42 bits per heavy atom. The molecule has 0 aliphatic rings. The van der Waals surface area contributed by atoms with Crippen LogP contribution in [0.5, 0.6) is 0 Å². The Bertz CT molecular complexity index is 242. The van der Waals surface area contributed by atoms with Gasteiger partial charge in [-0.05, 0) is 18.4 Å². The first-order valence-electron chi connectivity index (χ1n) is 6.44. The normalized spacial score (nSPS) is 14.2. The summed E-state index contributed by atoms with van der Waals surface area (Å²) in [5, 5.41) is 23.4. The maximum absolute atomic E-state index is 11.4. The summed E-state index contributed by atoms with van der Waals surface area (Å²) < 4.78 is 5.08. The van der Waals surface area contributed by atoms with Crippen molar-refractivity contribution in [1.82, 2.24) is 10.6 Å². The molecule has 0 aromatic heterocycles. The summed E-state index contributed by atoms with van der Waals surface area (Å²) in [5.74, 6) is 0.999. The molecule has 7 heteroatoms. The van der Waals surface area contributed by atoms with E-state index in [1.54, 1.807) is 11.8 Å². The van der Waals surface area contributed by atoms with E-state index >= 15 is 0 Å². The molecule has 0 aromatic rings. The summed E-state index contributed by atoms with van der Waals surface area (Å²) in [6.45, 7) is 3.99. The number of ether oxygens (including phenoxy) is 1. The van der Waals surface area contributed by atoms with Crippen molar-refractivity contribution < 1.29 is 19.7 Å². The molecule has 0 bridgehead atoms. The molecule has 0 heterocycles. The van der Waals surface area contributed by atoms with Gasteiger partial charge in [0.1, 0.15) is 6.61 Å². The quantitative estimate of drug-likeness (QED) is 0.460. The van der Waals surface area contributed by atoms with E-state index in [9.17, 15) is 4.79 Å². The minimum Gasteiger partial charge on any atom is -0.448 e. The number of aliphatic hydroxyl groups excluding tert-OH is 2. The van der Waals surface area contributed by atoms with Crippen LogP contribution in [-0.2, 0) is 4.74 Å². The number of hydrogen-bond donors (Lipinski definition) is 4. The second-order valence-corrected chi connectivity index (χ2v) is 5.60. The number of carbonyl (C=O) groups excluding carboxylic acids is 1. The lowest BCUT2D eigenvalue weighted by molar-refractivity contribution is 0.0865. The first kappa shape index (κ1) is 18.5. The first-order chi connectivity index (χ1) is 8.99. The molecule has 0 aromatic carbocycles. The third-order valence-electron chi connectivity index (χ3n) is 2.35. The average Bonchev–Trinajstić information content (AvgIpc) is 2.38. The molecule has 6 nitrogen and oxygen atoms in total. The van der Waals surface area contributed by atoms with Gasteiger partial charge in [0.15, 0.2) is 0 Å². The largest absolute Gasteiger partial charge is 0.448 e. The fourth-order valence-electron chi connectivity index (χ4n) is 1.44. The number of carbonyl (C=O) groups is 1. The topological polar surface area (TPSA) is 90.8 Å². The Labute approximate surface area is 119 Å². The van der Waals surface area contributed by atoms with E-state index in [4.69, 9.17) is 14.9 Å². The monoisotopic (exact) mass is 294 g/mol. The van der Waals surface area contributed by atoms with Crippen molar-refractivity contribution >= 4 is 17.9 Å². The fraction of sp³-hybridized carbons (Fsp3) is 0.917. The third kappa shape index (κ3) is 11.1. The fourth-order valence-corrected chi connectivity index (χ4v) is 1.96. The van der Waals surface area contributed by atoms with Crippen LogP contribution in [0.25, 0.3) is 0 Å². The molecule has 4 N–H and O–H groups in total. The highest BCUT2D eigenvalue weighted by molar-refractivity contribution is 7.98. The molecule has 0 aliphatic carbocycles. The molecule has 2 atom stereocenters. The van der Waals surface area contributed by atoms with Gasteiger partial charge in [-0.2, -0.15) is 11.8 Å². The third-order valence-corrected chi connectivity index (χ3v) is 2.99. The van der Waals surface area contributed by atoms with E-state index in [2.05, 4.69) is 10.6 Å². The van der Waals surface area contributed by atoms with Gasteiger partial charge in [0.2, 0.25) is 0 Å². The van der Waals surface area contributed by atoms with Crippen LogP contribution >= 0.6 is 11.8 Å². The number of nitrogens with one attached hydrogen (secondary N) is 2. The highest BCUT2D eigenvalue weighted by Crippen LogP contribution is 2.02. The Hall–Kier alpha value is -0.500. The maximum atomic E-state index is 11.4. The van der Waals surface area contributed by atoms with Crippen molar-refractivity contribution in [2.24, 2.45) is 0 Å². The first-order valence-corrected chi connectivity index (χ1v) is 7.83. The maximum Gasteiger partial charge on any atom is 0.407 e. The predicted molar refractivity (Wildman–Crippen MR) is 77.5 cm³/mol. The Balaban J connectivity index is 3.91. The van der Waals surface area contributed by atoms with Gasteiger partial charge in [0, 0.05) is 18.6 Å². The van der Waals surface area contributed by atoms with Crippen LogP contribution in [0.4, 0.5) is 4.79 Å². The summed E-state index contributed by atoms with van der Waals surface area (Å²) in [4.78, 5) is 11.4. The van der Waals surface area contributed by atoms with Crippen molar-refractivity contribution in [2.45, 2.75) is 38.5 Å². The van der Waals surface area contributed by atoms with Crippen LogP contribution in [0.3, 0.4) is 0 Å². The lowest BCUT2D eigenvalue weighted by Crippen LogP contribution is -2.41. The molecule has 0 radical (unpaired) electrons. The minimum atomic E-state index is -0.950. The van der Waals surface area contributed by atoms with Gasteiger partial charge in [-0.1, -0.05) is 13.8 Å². The van der Waals surface area contributed by atoms with Gasteiger partial charge >= 0.3 is 6.09 Å². The number of amides is 1. The summed E-state index contributed by atoms with van der Waals surface area (Å²) >= 11 is 1.75. The molecule has 0 saturated carbocycles. The Morgan fingerprint density at radius 2 is 2.11 bits per heavy atom. The van der Waals surface area contributed by atoms with Gasteiger partial charge in [-0.15, -0.1) is 0 Å². The summed E-state index contributed by atoms with van der Waals surface area (Å²) in [6, 6.07) is 0.454. The van der Waals surface area contributed by atoms with Gasteiger partial charge in [-0.3, -0.25) is 0 Å². The molecule has 0 saturated heterocycles. The molecule has 19 heavy (non-hydrogen) atoms. The Kier molecular flexibility index (Phi) is 11.0. The van der Waals surface area contributed by atoms with Crippen LogP contribution in [0.2, 0.25) is 0 Å². The number of hydrogen-bond acceptors (Lipinski definition) is 6. The molecule has 0 aliphatic heterocycles. The molecule has 1 amide bonds. The van der Waals surface area contributed by atoms with Crippen molar-refractivity contribution in [1.29, 1.82) is 0 Å². The number of aliphatic hydroxyl groups is 2. The van der Waals surface area contributed by atoms with Gasteiger partial charge in [0.25, 0.3) is 0 Å². The number of rotatable bonds is 10. The van der Waals surface area contributed by atoms with Crippen molar-refractivity contribution in [3.63, 3.8) is 0 Å². The van der Waals surface area contributed by atoms with Crippen molar-refractivity contribution in [3.8, 4) is 0 Å². The van der Waals surface area contributed by atoms with E-state index in [0.29, 0.717) is 12.6 Å². The van der Waals surface area contributed by atoms with E-state index in [1.165, 1.54) is 0 Å². The second-order valence-electron chi connectivity index (χ2n) is 4.62. The smallest absolute Gasteiger partial charge is 0.407 e. The van der Waals surface area contributed by atoms with Crippen LogP contribution in [0, 0.1) is 0 Å². The van der Waals surface area contributed by atoms with Gasteiger partial charge < -0.3 is 25.6 Å². The zero-order chi connectivity index (χ0) is 14.7. The minimum absolute atomic E-state index is 0.0115.